The molecule has 0 atom stereocenters. The van der Waals surface area contributed by atoms with Crippen molar-refractivity contribution in [2.45, 2.75) is 19.3 Å². The topological polar surface area (TPSA) is 30.7 Å². The maximum absolute atomic E-state index is 5.04. The van der Waals surface area contributed by atoms with E-state index < -0.39 is 0 Å². The number of hydrogen-bond donors (Lipinski definition) is 0. The minimum absolute atomic E-state index is 0.169. The molecule has 2 aromatic heterocycles. The van der Waals surface area contributed by atoms with Gasteiger partial charge in [-0.3, -0.25) is 4.57 Å². The molecule has 8 rings (SSSR count). The fraction of sp³-hybridized carbons (Fsp3) is 0.0909. The number of hydrogen-bond acceptors (Lipinski definition) is 2. The molecule has 0 unspecified atom stereocenters. The molecule has 0 amide bonds. The second-order valence-electron chi connectivity index (χ2n) is 10.3. The third-order valence-electron chi connectivity index (χ3n) is 7.99. The minimum atomic E-state index is -0.169. The van der Waals surface area contributed by atoms with Crippen LogP contribution in [0, 0.1) is 0 Å². The zero-order chi connectivity index (χ0) is 24.0. The van der Waals surface area contributed by atoms with Crippen molar-refractivity contribution in [3.05, 3.63) is 114 Å². The molecule has 3 heteroatoms. The van der Waals surface area contributed by atoms with Crippen LogP contribution in [0.3, 0.4) is 0 Å². The lowest BCUT2D eigenvalue weighted by atomic mass is 9.81. The largest absolute Gasteiger partial charge is 0.278 e. The van der Waals surface area contributed by atoms with E-state index >= 15 is 0 Å². The number of para-hydroxylation sites is 2. The average Bonchev–Trinajstić information content (AvgIpc) is 3.36. The van der Waals surface area contributed by atoms with Crippen LogP contribution >= 0.6 is 0 Å². The van der Waals surface area contributed by atoms with Gasteiger partial charge in [0.25, 0.3) is 0 Å². The molecular weight excluding hydrogens is 438 g/mol. The van der Waals surface area contributed by atoms with Crippen LogP contribution in [0.15, 0.2) is 103 Å². The summed E-state index contributed by atoms with van der Waals surface area (Å²) in [5.74, 6) is 0.713. The predicted molar refractivity (Wildman–Crippen MR) is 149 cm³/mol. The van der Waals surface area contributed by atoms with Crippen LogP contribution in [0.1, 0.15) is 25.0 Å². The molecule has 170 valence electrons. The lowest BCUT2D eigenvalue weighted by Gasteiger charge is -2.23. The molecular formula is C33H23N3. The Kier molecular flexibility index (Phi) is 3.73. The van der Waals surface area contributed by atoms with E-state index in [0.29, 0.717) is 5.95 Å². The Bertz CT molecular complexity index is 2030. The molecule has 0 spiro atoms. The van der Waals surface area contributed by atoms with Gasteiger partial charge < -0.3 is 0 Å². The van der Waals surface area contributed by atoms with Crippen LogP contribution in [-0.4, -0.2) is 14.5 Å². The fourth-order valence-corrected chi connectivity index (χ4v) is 6.31. The van der Waals surface area contributed by atoms with Crippen molar-refractivity contribution in [3.63, 3.8) is 0 Å². The molecule has 36 heavy (non-hydrogen) atoms. The first-order valence-electron chi connectivity index (χ1n) is 12.4. The number of nitrogens with zero attached hydrogens (tertiary/aromatic N) is 3. The second kappa shape index (κ2) is 6.79. The van der Waals surface area contributed by atoms with Gasteiger partial charge >= 0.3 is 0 Å². The smallest absolute Gasteiger partial charge is 0.235 e. The molecule has 0 fully saturated rings. The molecule has 0 bridgehead atoms. The van der Waals surface area contributed by atoms with Crippen molar-refractivity contribution in [2.24, 2.45) is 0 Å². The van der Waals surface area contributed by atoms with Gasteiger partial charge in [0.1, 0.15) is 0 Å². The number of aromatic nitrogens is 3. The van der Waals surface area contributed by atoms with Gasteiger partial charge in [0.05, 0.1) is 16.6 Å². The fourth-order valence-electron chi connectivity index (χ4n) is 6.31. The van der Waals surface area contributed by atoms with Gasteiger partial charge in [-0.15, -0.1) is 0 Å². The summed E-state index contributed by atoms with van der Waals surface area (Å²) in [5, 5.41) is 6.08. The van der Waals surface area contributed by atoms with Gasteiger partial charge in [0.2, 0.25) is 5.95 Å². The van der Waals surface area contributed by atoms with E-state index in [1.165, 1.54) is 49.3 Å². The Labute approximate surface area is 208 Å². The van der Waals surface area contributed by atoms with Gasteiger partial charge in [0, 0.05) is 27.8 Å². The predicted octanol–water partition coefficient (Wildman–Crippen LogP) is 8.19. The Balaban J connectivity index is 1.53. The van der Waals surface area contributed by atoms with Crippen LogP contribution in [0.25, 0.3) is 60.6 Å². The van der Waals surface area contributed by atoms with Crippen LogP contribution in [-0.2, 0) is 5.41 Å². The van der Waals surface area contributed by atoms with Crippen molar-refractivity contribution in [1.29, 1.82) is 0 Å². The normalized spacial score (nSPS) is 14.1. The van der Waals surface area contributed by atoms with Gasteiger partial charge in [0.15, 0.2) is 0 Å². The van der Waals surface area contributed by atoms with E-state index in [4.69, 9.17) is 9.97 Å². The average molecular weight is 462 g/mol. The zero-order valence-corrected chi connectivity index (χ0v) is 20.2. The Morgan fingerprint density at radius 2 is 1.39 bits per heavy atom. The highest BCUT2D eigenvalue weighted by molar-refractivity contribution is 6.13. The Morgan fingerprint density at radius 1 is 0.667 bits per heavy atom. The van der Waals surface area contributed by atoms with E-state index in [1.54, 1.807) is 0 Å². The van der Waals surface area contributed by atoms with Crippen molar-refractivity contribution in [2.75, 3.05) is 0 Å². The minimum Gasteiger partial charge on any atom is -0.278 e. The lowest BCUT2D eigenvalue weighted by molar-refractivity contribution is 0.664. The standard InChI is InChI=1S/C33H23N3/c1-33(2)27-18-21-10-4-3-9-20(21)17-26(27)24-15-16-25-23-12-6-8-14-29(23)36(31(25)30(24)33)32-34-19-22-11-5-7-13-28(22)35-32/h3-19H,1-2H3. The number of fused-ring (bicyclic) bond motifs is 9. The third-order valence-corrected chi connectivity index (χ3v) is 7.99. The van der Waals surface area contributed by atoms with Crippen LogP contribution in [0.5, 0.6) is 0 Å². The molecule has 5 aromatic carbocycles. The monoisotopic (exact) mass is 461 g/mol. The molecule has 0 N–H and O–H groups in total. The summed E-state index contributed by atoms with van der Waals surface area (Å²) in [5.41, 5.74) is 8.47. The van der Waals surface area contributed by atoms with E-state index in [9.17, 15) is 0 Å². The molecule has 1 aliphatic rings. The molecule has 0 saturated carbocycles. The van der Waals surface area contributed by atoms with Gasteiger partial charge in [-0.2, -0.15) is 0 Å². The van der Waals surface area contributed by atoms with E-state index in [0.717, 1.165) is 16.4 Å². The Morgan fingerprint density at radius 3 is 2.25 bits per heavy atom. The second-order valence-corrected chi connectivity index (χ2v) is 10.3. The third kappa shape index (κ3) is 2.47. The van der Waals surface area contributed by atoms with Crippen LogP contribution < -0.4 is 0 Å². The van der Waals surface area contributed by atoms with Crippen molar-refractivity contribution in [1.82, 2.24) is 14.5 Å². The van der Waals surface area contributed by atoms with E-state index in [1.807, 2.05) is 18.3 Å². The van der Waals surface area contributed by atoms with Crippen LogP contribution in [0.2, 0.25) is 0 Å². The first kappa shape index (κ1) is 19.8. The first-order chi connectivity index (χ1) is 17.6. The SMILES string of the molecule is CC1(C)c2cc3ccccc3cc2-c2ccc3c4ccccc4n(-c4ncc5ccccc5n4)c3c21. The molecule has 1 aliphatic carbocycles. The summed E-state index contributed by atoms with van der Waals surface area (Å²) < 4.78 is 2.28. The first-order valence-corrected chi connectivity index (χ1v) is 12.4. The van der Waals surface area contributed by atoms with Gasteiger partial charge in [-0.25, -0.2) is 9.97 Å². The summed E-state index contributed by atoms with van der Waals surface area (Å²) in [7, 11) is 0. The summed E-state index contributed by atoms with van der Waals surface area (Å²) >= 11 is 0. The highest BCUT2D eigenvalue weighted by Gasteiger charge is 2.39. The summed E-state index contributed by atoms with van der Waals surface area (Å²) in [6, 6.07) is 34.8. The highest BCUT2D eigenvalue weighted by atomic mass is 15.2. The molecule has 2 heterocycles. The molecule has 0 saturated heterocycles. The van der Waals surface area contributed by atoms with E-state index in [-0.39, 0.29) is 5.41 Å². The molecule has 0 radical (unpaired) electrons. The van der Waals surface area contributed by atoms with Crippen molar-refractivity contribution in [3.8, 4) is 17.1 Å². The lowest BCUT2D eigenvalue weighted by Crippen LogP contribution is -2.17. The zero-order valence-electron chi connectivity index (χ0n) is 20.2. The maximum atomic E-state index is 5.04. The quantitative estimate of drug-likeness (QED) is 0.247. The summed E-state index contributed by atoms with van der Waals surface area (Å²) in [4.78, 5) is 9.91. The summed E-state index contributed by atoms with van der Waals surface area (Å²) in [6.07, 6.45) is 1.94. The highest BCUT2D eigenvalue weighted by Crippen LogP contribution is 2.53. The molecule has 0 aliphatic heterocycles. The number of rotatable bonds is 1. The van der Waals surface area contributed by atoms with Gasteiger partial charge in [-0.05, 0) is 57.3 Å². The van der Waals surface area contributed by atoms with E-state index in [2.05, 4.69) is 103 Å². The van der Waals surface area contributed by atoms with Crippen molar-refractivity contribution >= 4 is 43.5 Å². The number of benzene rings is 5. The Hall–Kier alpha value is -4.50. The summed E-state index contributed by atoms with van der Waals surface area (Å²) in [6.45, 7) is 4.71. The van der Waals surface area contributed by atoms with Crippen LogP contribution in [0.4, 0.5) is 0 Å². The van der Waals surface area contributed by atoms with Gasteiger partial charge in [-0.1, -0.05) is 86.6 Å². The molecule has 7 aromatic rings. The maximum Gasteiger partial charge on any atom is 0.235 e. The molecule has 3 nitrogen and oxygen atoms in total. The van der Waals surface area contributed by atoms with Crippen molar-refractivity contribution < 1.29 is 0 Å².